The first-order valence-electron chi connectivity index (χ1n) is 12.5. The van der Waals surface area contributed by atoms with Gasteiger partial charge in [0.1, 0.15) is 11.4 Å². The molecule has 2 heterocycles. The van der Waals surface area contributed by atoms with Gasteiger partial charge in [-0.1, -0.05) is 49.7 Å². The Bertz CT molecular complexity index is 1080. The molecule has 3 aromatic rings. The molecule has 1 fully saturated rings. The first-order valence-corrected chi connectivity index (χ1v) is 12.5. The second-order valence-electron chi connectivity index (χ2n) is 8.99. The number of aliphatic hydroxyl groups excluding tert-OH is 1. The Labute approximate surface area is 206 Å². The molecule has 4 rings (SSSR count). The number of nitrogens with zero attached hydrogens (tertiary/aromatic N) is 3. The van der Waals surface area contributed by atoms with Crippen molar-refractivity contribution in [3.05, 3.63) is 66.0 Å². The highest BCUT2D eigenvalue weighted by Crippen LogP contribution is 2.24. The molecule has 2 aromatic heterocycles. The second kappa shape index (κ2) is 12.3. The number of anilines is 2. The van der Waals surface area contributed by atoms with Crippen LogP contribution in [0.3, 0.4) is 0 Å². The summed E-state index contributed by atoms with van der Waals surface area (Å²) in [7, 11) is 0. The summed E-state index contributed by atoms with van der Waals surface area (Å²) >= 11 is 0. The maximum Gasteiger partial charge on any atom is 0.256 e. The number of hydrogen-bond donors (Lipinski definition) is 4. The van der Waals surface area contributed by atoms with Crippen molar-refractivity contribution in [2.75, 3.05) is 17.2 Å². The summed E-state index contributed by atoms with van der Waals surface area (Å²) in [6.45, 7) is 3.26. The maximum absolute atomic E-state index is 13.1. The van der Waals surface area contributed by atoms with Gasteiger partial charge in [-0.15, -0.1) is 0 Å². The van der Waals surface area contributed by atoms with Gasteiger partial charge in [0.05, 0.1) is 11.8 Å². The van der Waals surface area contributed by atoms with Crippen LogP contribution in [0.15, 0.2) is 54.9 Å². The number of amides is 1. The zero-order chi connectivity index (χ0) is 24.5. The number of benzene rings is 1. The molecular weight excluding hydrogens is 440 g/mol. The summed E-state index contributed by atoms with van der Waals surface area (Å²) in [5.41, 5.74) is 3.27. The fourth-order valence-corrected chi connectivity index (χ4v) is 4.12. The SMILES string of the molecule is CCCCNc1ncc(C(=O)NCc2ccc(-c3ccccc3)nc2)c(NC2CCC(O)CC2)n1. The van der Waals surface area contributed by atoms with Crippen LogP contribution in [0.1, 0.15) is 61.4 Å². The fourth-order valence-electron chi connectivity index (χ4n) is 4.12. The summed E-state index contributed by atoms with van der Waals surface area (Å²) < 4.78 is 0. The van der Waals surface area contributed by atoms with Crippen molar-refractivity contribution >= 4 is 17.7 Å². The van der Waals surface area contributed by atoms with Gasteiger partial charge < -0.3 is 21.1 Å². The van der Waals surface area contributed by atoms with Crippen LogP contribution < -0.4 is 16.0 Å². The molecule has 35 heavy (non-hydrogen) atoms. The Kier molecular flexibility index (Phi) is 8.62. The van der Waals surface area contributed by atoms with Gasteiger partial charge in [0.25, 0.3) is 5.91 Å². The first kappa shape index (κ1) is 24.6. The minimum absolute atomic E-state index is 0.165. The molecule has 1 saturated carbocycles. The number of carbonyl (C=O) groups is 1. The van der Waals surface area contributed by atoms with E-state index in [1.165, 1.54) is 0 Å². The van der Waals surface area contributed by atoms with Crippen LogP contribution in [-0.2, 0) is 6.54 Å². The van der Waals surface area contributed by atoms with E-state index in [4.69, 9.17) is 0 Å². The Morgan fingerprint density at radius 3 is 2.54 bits per heavy atom. The minimum atomic E-state index is -0.241. The van der Waals surface area contributed by atoms with Crippen LogP contribution in [-0.4, -0.2) is 44.7 Å². The molecule has 8 heteroatoms. The molecule has 1 aliphatic carbocycles. The van der Waals surface area contributed by atoms with Crippen molar-refractivity contribution in [3.63, 3.8) is 0 Å². The summed E-state index contributed by atoms with van der Waals surface area (Å²) in [4.78, 5) is 26.6. The summed E-state index contributed by atoms with van der Waals surface area (Å²) in [5, 5.41) is 19.5. The van der Waals surface area contributed by atoms with Crippen molar-refractivity contribution in [2.24, 2.45) is 0 Å². The van der Waals surface area contributed by atoms with Crippen LogP contribution in [0.5, 0.6) is 0 Å². The van der Waals surface area contributed by atoms with Gasteiger partial charge in [-0.25, -0.2) is 4.98 Å². The monoisotopic (exact) mass is 474 g/mol. The van der Waals surface area contributed by atoms with E-state index in [-0.39, 0.29) is 18.1 Å². The van der Waals surface area contributed by atoms with Crippen LogP contribution in [0.25, 0.3) is 11.3 Å². The average molecular weight is 475 g/mol. The van der Waals surface area contributed by atoms with E-state index in [2.05, 4.69) is 37.8 Å². The third kappa shape index (κ3) is 6.99. The third-order valence-corrected chi connectivity index (χ3v) is 6.23. The van der Waals surface area contributed by atoms with Crippen molar-refractivity contribution in [2.45, 2.75) is 64.1 Å². The molecule has 0 atom stereocenters. The molecule has 0 saturated heterocycles. The molecule has 0 bridgehead atoms. The van der Waals surface area contributed by atoms with Gasteiger partial charge >= 0.3 is 0 Å². The highest BCUT2D eigenvalue weighted by molar-refractivity contribution is 5.98. The van der Waals surface area contributed by atoms with E-state index >= 15 is 0 Å². The van der Waals surface area contributed by atoms with Gasteiger partial charge in [0, 0.05) is 37.1 Å². The lowest BCUT2D eigenvalue weighted by molar-refractivity contribution is 0.0950. The molecule has 184 valence electrons. The number of aliphatic hydroxyl groups is 1. The van der Waals surface area contributed by atoms with Crippen LogP contribution in [0.4, 0.5) is 11.8 Å². The molecule has 8 nitrogen and oxygen atoms in total. The Morgan fingerprint density at radius 2 is 1.83 bits per heavy atom. The molecule has 1 aromatic carbocycles. The fraction of sp³-hybridized carbons (Fsp3) is 0.407. The molecular formula is C27H34N6O2. The van der Waals surface area contributed by atoms with Gasteiger partial charge in [-0.2, -0.15) is 4.98 Å². The Hall–Kier alpha value is -3.52. The van der Waals surface area contributed by atoms with Crippen molar-refractivity contribution in [1.29, 1.82) is 0 Å². The number of rotatable bonds is 10. The molecule has 1 aliphatic rings. The highest BCUT2D eigenvalue weighted by atomic mass is 16.3. The lowest BCUT2D eigenvalue weighted by Gasteiger charge is -2.27. The third-order valence-electron chi connectivity index (χ3n) is 6.23. The summed E-state index contributed by atoms with van der Waals surface area (Å²) in [6, 6.07) is 14.1. The largest absolute Gasteiger partial charge is 0.393 e. The van der Waals surface area contributed by atoms with Crippen molar-refractivity contribution in [3.8, 4) is 11.3 Å². The van der Waals surface area contributed by atoms with Crippen molar-refractivity contribution < 1.29 is 9.90 Å². The van der Waals surface area contributed by atoms with E-state index in [1.54, 1.807) is 12.4 Å². The normalized spacial score (nSPS) is 17.5. The summed E-state index contributed by atoms with van der Waals surface area (Å²) in [5.74, 6) is 0.792. The van der Waals surface area contributed by atoms with Crippen LogP contribution >= 0.6 is 0 Å². The smallest absolute Gasteiger partial charge is 0.256 e. The molecule has 0 aliphatic heterocycles. The number of carbonyl (C=O) groups excluding carboxylic acids is 1. The average Bonchev–Trinajstić information content (AvgIpc) is 2.90. The Morgan fingerprint density at radius 1 is 1.03 bits per heavy atom. The van der Waals surface area contributed by atoms with Gasteiger partial charge in [0.15, 0.2) is 0 Å². The quantitative estimate of drug-likeness (QED) is 0.322. The highest BCUT2D eigenvalue weighted by Gasteiger charge is 2.22. The van der Waals surface area contributed by atoms with Gasteiger partial charge in [-0.05, 0) is 43.7 Å². The molecule has 4 N–H and O–H groups in total. The number of aromatic nitrogens is 3. The van der Waals surface area contributed by atoms with Crippen molar-refractivity contribution in [1.82, 2.24) is 20.3 Å². The van der Waals surface area contributed by atoms with Crippen LogP contribution in [0, 0.1) is 0 Å². The topological polar surface area (TPSA) is 112 Å². The predicted octanol–water partition coefficient (Wildman–Crippen LogP) is 4.40. The summed E-state index contributed by atoms with van der Waals surface area (Å²) in [6.07, 6.45) is 8.38. The van der Waals surface area contributed by atoms with Crippen LogP contribution in [0.2, 0.25) is 0 Å². The van der Waals surface area contributed by atoms with E-state index < -0.39 is 0 Å². The number of pyridine rings is 1. The van der Waals surface area contributed by atoms with E-state index in [0.29, 0.717) is 23.9 Å². The molecule has 0 spiro atoms. The minimum Gasteiger partial charge on any atom is -0.393 e. The zero-order valence-electron chi connectivity index (χ0n) is 20.2. The predicted molar refractivity (Wildman–Crippen MR) is 138 cm³/mol. The van der Waals surface area contributed by atoms with E-state index in [0.717, 1.165) is 61.9 Å². The number of unbranched alkanes of at least 4 members (excludes halogenated alkanes) is 1. The van der Waals surface area contributed by atoms with E-state index in [9.17, 15) is 9.90 Å². The second-order valence-corrected chi connectivity index (χ2v) is 8.99. The standard InChI is InChI=1S/C27H34N6O2/c1-2-3-15-28-27-31-18-23(25(33-27)32-21-10-12-22(34)13-11-21)26(35)30-17-19-9-14-24(29-16-19)20-7-5-4-6-8-20/h4-9,14,16,18,21-22,34H,2-3,10-13,15,17H2,1H3,(H,30,35)(H2,28,31,32,33). The van der Waals surface area contributed by atoms with Gasteiger partial charge in [0.2, 0.25) is 5.95 Å². The lowest BCUT2D eigenvalue weighted by Crippen LogP contribution is -2.31. The zero-order valence-corrected chi connectivity index (χ0v) is 20.2. The molecule has 0 unspecified atom stereocenters. The lowest BCUT2D eigenvalue weighted by atomic mass is 9.93. The molecule has 0 radical (unpaired) electrons. The Balaban J connectivity index is 1.43. The molecule has 1 amide bonds. The first-order chi connectivity index (χ1) is 17.1. The van der Waals surface area contributed by atoms with Gasteiger partial charge in [-0.3, -0.25) is 9.78 Å². The number of hydrogen-bond acceptors (Lipinski definition) is 7. The maximum atomic E-state index is 13.1. The van der Waals surface area contributed by atoms with E-state index in [1.807, 2.05) is 42.5 Å². The number of nitrogens with one attached hydrogen (secondary N) is 3.